The van der Waals surface area contributed by atoms with E-state index in [-0.39, 0.29) is 24.0 Å². The fourth-order valence-corrected chi connectivity index (χ4v) is 3.10. The van der Waals surface area contributed by atoms with E-state index in [1.807, 2.05) is 0 Å². The zero-order chi connectivity index (χ0) is 18.3. The topological polar surface area (TPSA) is 87.7 Å². The van der Waals surface area contributed by atoms with Crippen molar-refractivity contribution in [3.63, 3.8) is 0 Å². The minimum absolute atomic E-state index is 0.0929. The number of phenols is 1. The van der Waals surface area contributed by atoms with E-state index in [1.165, 1.54) is 11.0 Å². The highest BCUT2D eigenvalue weighted by molar-refractivity contribution is 6.09. The second kappa shape index (κ2) is 6.25. The fraction of sp³-hybridized carbons (Fsp3) is 0.263. The van der Waals surface area contributed by atoms with Crippen LogP contribution in [0.5, 0.6) is 17.2 Å². The standard InChI is InChI=1S/C19H19N3O4/c1-3-4-14-12-8-13(16(23)9-15(12)21-20-14)19(24)22(2)11-5-6-17-18(7-11)26-10-25-17/h5-9,23H,3-4,10H2,1-2H3,(H,20,21). The van der Waals surface area contributed by atoms with Gasteiger partial charge in [-0.1, -0.05) is 13.3 Å². The number of fused-ring (bicyclic) bond motifs is 2. The Morgan fingerprint density at radius 1 is 1.27 bits per heavy atom. The first-order valence-electron chi connectivity index (χ1n) is 8.46. The zero-order valence-electron chi connectivity index (χ0n) is 14.6. The normalized spacial score (nSPS) is 12.5. The number of carbonyl (C=O) groups is 1. The van der Waals surface area contributed by atoms with Gasteiger partial charge in [0.25, 0.3) is 5.91 Å². The SMILES string of the molecule is CCCc1[nH]nc2cc(O)c(C(=O)N(C)c3ccc4c(c3)OCO4)cc12. The smallest absolute Gasteiger partial charge is 0.261 e. The number of anilines is 1. The van der Waals surface area contributed by atoms with E-state index in [2.05, 4.69) is 17.1 Å². The van der Waals surface area contributed by atoms with Crippen LogP contribution in [0.15, 0.2) is 30.3 Å². The van der Waals surface area contributed by atoms with Crippen molar-refractivity contribution in [3.05, 3.63) is 41.6 Å². The third-order valence-corrected chi connectivity index (χ3v) is 4.53. The molecule has 1 amide bonds. The monoisotopic (exact) mass is 353 g/mol. The number of aromatic hydroxyl groups is 1. The number of aryl methyl sites for hydroxylation is 1. The van der Waals surface area contributed by atoms with Crippen LogP contribution < -0.4 is 14.4 Å². The van der Waals surface area contributed by atoms with Crippen LogP contribution in [-0.2, 0) is 6.42 Å². The molecule has 1 aliphatic rings. The number of carbonyl (C=O) groups excluding carboxylic acids is 1. The number of phenolic OH excluding ortho intramolecular Hbond substituents is 1. The lowest BCUT2D eigenvalue weighted by Gasteiger charge is -2.18. The van der Waals surface area contributed by atoms with Gasteiger partial charge >= 0.3 is 0 Å². The zero-order valence-corrected chi connectivity index (χ0v) is 14.6. The van der Waals surface area contributed by atoms with Gasteiger partial charge < -0.3 is 19.5 Å². The van der Waals surface area contributed by atoms with Gasteiger partial charge in [-0.2, -0.15) is 5.10 Å². The summed E-state index contributed by atoms with van der Waals surface area (Å²) in [5.74, 6) is 0.847. The van der Waals surface area contributed by atoms with Crippen molar-refractivity contribution in [2.75, 3.05) is 18.7 Å². The maximum Gasteiger partial charge on any atom is 0.261 e. The quantitative estimate of drug-likeness (QED) is 0.752. The summed E-state index contributed by atoms with van der Waals surface area (Å²) in [5, 5.41) is 18.4. The van der Waals surface area contributed by atoms with Gasteiger partial charge in [0.1, 0.15) is 5.75 Å². The highest BCUT2D eigenvalue weighted by Crippen LogP contribution is 2.36. The van der Waals surface area contributed by atoms with Crippen LogP contribution in [-0.4, -0.2) is 35.1 Å². The Morgan fingerprint density at radius 2 is 2.08 bits per heavy atom. The molecule has 0 unspecified atom stereocenters. The van der Waals surface area contributed by atoms with Crippen LogP contribution in [0, 0.1) is 0 Å². The van der Waals surface area contributed by atoms with Gasteiger partial charge in [-0.05, 0) is 24.6 Å². The highest BCUT2D eigenvalue weighted by atomic mass is 16.7. The molecule has 0 aliphatic carbocycles. The van der Waals surface area contributed by atoms with Gasteiger partial charge in [-0.15, -0.1) is 0 Å². The first kappa shape index (κ1) is 16.3. The molecule has 0 radical (unpaired) electrons. The van der Waals surface area contributed by atoms with E-state index in [1.54, 1.807) is 31.3 Å². The molecule has 0 fully saturated rings. The van der Waals surface area contributed by atoms with Crippen molar-refractivity contribution in [2.24, 2.45) is 0 Å². The number of nitrogens with one attached hydrogen (secondary N) is 1. The minimum Gasteiger partial charge on any atom is -0.507 e. The van der Waals surface area contributed by atoms with Crippen molar-refractivity contribution < 1.29 is 19.4 Å². The Morgan fingerprint density at radius 3 is 2.88 bits per heavy atom. The maximum absolute atomic E-state index is 13.0. The first-order valence-corrected chi connectivity index (χ1v) is 8.46. The molecule has 1 aliphatic heterocycles. The molecule has 2 N–H and O–H groups in total. The lowest BCUT2D eigenvalue weighted by molar-refractivity contribution is 0.0990. The van der Waals surface area contributed by atoms with Crippen LogP contribution in [0.4, 0.5) is 5.69 Å². The van der Waals surface area contributed by atoms with Gasteiger partial charge in [0.15, 0.2) is 11.5 Å². The molecule has 2 aromatic carbocycles. The van der Waals surface area contributed by atoms with Crippen LogP contribution in [0.25, 0.3) is 10.9 Å². The number of aromatic nitrogens is 2. The molecule has 0 bridgehead atoms. The third kappa shape index (κ3) is 2.61. The molecule has 0 atom stereocenters. The summed E-state index contributed by atoms with van der Waals surface area (Å²) >= 11 is 0. The Balaban J connectivity index is 1.70. The molecule has 3 aromatic rings. The summed E-state index contributed by atoms with van der Waals surface area (Å²) < 4.78 is 10.7. The lowest BCUT2D eigenvalue weighted by Crippen LogP contribution is -2.26. The van der Waals surface area contributed by atoms with E-state index in [9.17, 15) is 9.90 Å². The molecule has 134 valence electrons. The number of hydrogen-bond donors (Lipinski definition) is 2. The number of H-pyrrole nitrogens is 1. The molecule has 1 aromatic heterocycles. The van der Waals surface area contributed by atoms with Crippen molar-refractivity contribution in [1.29, 1.82) is 0 Å². The summed E-state index contributed by atoms with van der Waals surface area (Å²) in [4.78, 5) is 14.4. The average Bonchev–Trinajstić information content (AvgIpc) is 3.26. The number of benzene rings is 2. The number of nitrogens with zero attached hydrogens (tertiary/aromatic N) is 2. The van der Waals surface area contributed by atoms with Crippen molar-refractivity contribution in [2.45, 2.75) is 19.8 Å². The lowest BCUT2D eigenvalue weighted by atomic mass is 10.1. The highest BCUT2D eigenvalue weighted by Gasteiger charge is 2.22. The van der Waals surface area contributed by atoms with Crippen molar-refractivity contribution in [1.82, 2.24) is 10.2 Å². The largest absolute Gasteiger partial charge is 0.507 e. The van der Waals surface area contributed by atoms with Gasteiger partial charge in [0.2, 0.25) is 6.79 Å². The summed E-state index contributed by atoms with van der Waals surface area (Å²) in [6.07, 6.45) is 1.78. The van der Waals surface area contributed by atoms with E-state index >= 15 is 0 Å². The number of ether oxygens (including phenoxy) is 2. The van der Waals surface area contributed by atoms with Crippen LogP contribution >= 0.6 is 0 Å². The molecule has 2 heterocycles. The first-order chi connectivity index (χ1) is 12.6. The Labute approximate surface area is 150 Å². The molecule has 26 heavy (non-hydrogen) atoms. The molecule has 0 saturated heterocycles. The van der Waals surface area contributed by atoms with Crippen molar-refractivity contribution >= 4 is 22.5 Å². The van der Waals surface area contributed by atoms with E-state index in [0.717, 1.165) is 23.9 Å². The fourth-order valence-electron chi connectivity index (χ4n) is 3.10. The summed E-state index contributed by atoms with van der Waals surface area (Å²) in [5.41, 5.74) is 2.49. The molecular weight excluding hydrogens is 334 g/mol. The van der Waals surface area contributed by atoms with Crippen molar-refractivity contribution in [3.8, 4) is 17.2 Å². The number of aromatic amines is 1. The molecule has 4 rings (SSSR count). The molecule has 7 nitrogen and oxygen atoms in total. The summed E-state index contributed by atoms with van der Waals surface area (Å²) in [7, 11) is 1.66. The maximum atomic E-state index is 13.0. The van der Waals surface area contributed by atoms with Gasteiger partial charge in [0.05, 0.1) is 11.1 Å². The molecular formula is C19H19N3O4. The van der Waals surface area contributed by atoms with Crippen LogP contribution in [0.2, 0.25) is 0 Å². The Hall–Kier alpha value is -3.22. The summed E-state index contributed by atoms with van der Waals surface area (Å²) in [6.45, 7) is 2.25. The summed E-state index contributed by atoms with van der Waals surface area (Å²) in [6, 6.07) is 8.51. The third-order valence-electron chi connectivity index (χ3n) is 4.53. The van der Waals surface area contributed by atoms with E-state index < -0.39 is 0 Å². The average molecular weight is 353 g/mol. The van der Waals surface area contributed by atoms with Gasteiger partial charge in [-0.3, -0.25) is 9.89 Å². The predicted octanol–water partition coefficient (Wildman–Crippen LogP) is 3.23. The van der Waals surface area contributed by atoms with Gasteiger partial charge in [-0.25, -0.2) is 0 Å². The van der Waals surface area contributed by atoms with E-state index in [0.29, 0.717) is 22.7 Å². The minimum atomic E-state index is -0.313. The Kier molecular flexibility index (Phi) is 3.91. The predicted molar refractivity (Wildman–Crippen MR) is 97.1 cm³/mol. The second-order valence-electron chi connectivity index (χ2n) is 6.24. The number of hydrogen-bond acceptors (Lipinski definition) is 5. The van der Waals surface area contributed by atoms with E-state index in [4.69, 9.17) is 9.47 Å². The Bertz CT molecular complexity index is 996. The van der Waals surface area contributed by atoms with Gasteiger partial charge in [0, 0.05) is 35.9 Å². The number of amides is 1. The molecule has 0 saturated carbocycles. The second-order valence-corrected chi connectivity index (χ2v) is 6.24. The molecule has 7 heteroatoms. The van der Waals surface area contributed by atoms with Crippen LogP contribution in [0.1, 0.15) is 29.4 Å². The number of rotatable bonds is 4. The molecule has 0 spiro atoms. The van der Waals surface area contributed by atoms with Crippen LogP contribution in [0.3, 0.4) is 0 Å².